The van der Waals surface area contributed by atoms with E-state index in [4.69, 9.17) is 0 Å². The van der Waals surface area contributed by atoms with Crippen LogP contribution in [0.5, 0.6) is 0 Å². The number of likely N-dealkylation sites (tertiary alicyclic amines) is 1. The lowest BCUT2D eigenvalue weighted by Gasteiger charge is -2.33. The smallest absolute Gasteiger partial charge is 0.380 e. The Morgan fingerprint density at radius 2 is 1.90 bits per heavy atom. The van der Waals surface area contributed by atoms with Gasteiger partial charge in [-0.25, -0.2) is 4.39 Å². The van der Waals surface area contributed by atoms with Crippen molar-refractivity contribution < 1.29 is 17.6 Å². The average Bonchev–Trinajstić information content (AvgIpc) is 2.34. The lowest BCUT2D eigenvalue weighted by Crippen LogP contribution is -2.43. The summed E-state index contributed by atoms with van der Waals surface area (Å²) in [5.41, 5.74) is 1.27. The number of hydrogen-bond donors (Lipinski definition) is 1. The van der Waals surface area contributed by atoms with Gasteiger partial charge < -0.3 is 5.32 Å². The summed E-state index contributed by atoms with van der Waals surface area (Å²) >= 11 is 0. The number of hydrogen-bond acceptors (Lipinski definition) is 2. The van der Waals surface area contributed by atoms with Gasteiger partial charge in [0.2, 0.25) is 0 Å². The molecule has 0 saturated carbocycles. The first-order valence-corrected chi connectivity index (χ1v) is 6.66. The van der Waals surface area contributed by atoms with E-state index < -0.39 is 12.7 Å². The Hall–Kier alpha value is -1.30. The predicted molar refractivity (Wildman–Crippen MR) is 70.3 cm³/mol. The van der Waals surface area contributed by atoms with Crippen molar-refractivity contribution in [2.45, 2.75) is 32.0 Å². The number of alkyl halides is 3. The van der Waals surface area contributed by atoms with Crippen LogP contribution in [0.15, 0.2) is 18.2 Å². The summed E-state index contributed by atoms with van der Waals surface area (Å²) in [7, 11) is 0. The fraction of sp³-hybridized carbons (Fsp3) is 0.571. The van der Waals surface area contributed by atoms with Gasteiger partial charge in [0.05, 0.1) is 12.2 Å². The zero-order valence-electron chi connectivity index (χ0n) is 11.3. The van der Waals surface area contributed by atoms with Gasteiger partial charge in [-0.05, 0) is 31.4 Å². The molecule has 1 saturated heterocycles. The molecule has 0 amide bonds. The molecule has 1 heterocycles. The third-order valence-electron chi connectivity index (χ3n) is 3.56. The second kappa shape index (κ2) is 5.99. The average molecular weight is 290 g/mol. The fourth-order valence-corrected chi connectivity index (χ4v) is 2.51. The highest BCUT2D eigenvalue weighted by Gasteiger charge is 2.32. The summed E-state index contributed by atoms with van der Waals surface area (Å²) in [6.45, 7) is 1.71. The quantitative estimate of drug-likeness (QED) is 0.856. The Balaban J connectivity index is 1.89. The van der Waals surface area contributed by atoms with E-state index in [9.17, 15) is 17.6 Å². The van der Waals surface area contributed by atoms with Gasteiger partial charge in [-0.3, -0.25) is 4.90 Å². The second-order valence-electron chi connectivity index (χ2n) is 5.24. The minimum atomic E-state index is -4.15. The van der Waals surface area contributed by atoms with E-state index in [1.54, 1.807) is 6.07 Å². The number of aryl methyl sites for hydroxylation is 1. The van der Waals surface area contributed by atoms with Crippen molar-refractivity contribution in [1.29, 1.82) is 0 Å². The number of nitrogens with zero attached hydrogens (tertiary/aromatic N) is 1. The van der Waals surface area contributed by atoms with Crippen LogP contribution in [0, 0.1) is 12.7 Å². The number of rotatable bonds is 3. The molecule has 1 aliphatic heterocycles. The number of para-hydroxylation sites is 1. The molecule has 0 atom stereocenters. The molecule has 2 rings (SSSR count). The first-order chi connectivity index (χ1) is 9.35. The fourth-order valence-electron chi connectivity index (χ4n) is 2.51. The van der Waals surface area contributed by atoms with Crippen LogP contribution in [0.1, 0.15) is 18.4 Å². The normalized spacial score (nSPS) is 18.2. The Labute approximate surface area is 115 Å². The van der Waals surface area contributed by atoms with Crippen LogP contribution in [0.2, 0.25) is 0 Å². The second-order valence-corrected chi connectivity index (χ2v) is 5.24. The maximum atomic E-state index is 13.7. The molecule has 6 heteroatoms. The van der Waals surface area contributed by atoms with Crippen molar-refractivity contribution in [2.75, 3.05) is 25.0 Å². The van der Waals surface area contributed by atoms with Crippen LogP contribution >= 0.6 is 0 Å². The van der Waals surface area contributed by atoms with Crippen LogP contribution < -0.4 is 5.32 Å². The zero-order chi connectivity index (χ0) is 14.8. The summed E-state index contributed by atoms with van der Waals surface area (Å²) in [5, 5.41) is 3.12. The lowest BCUT2D eigenvalue weighted by atomic mass is 10.0. The van der Waals surface area contributed by atoms with Crippen molar-refractivity contribution in [3.8, 4) is 0 Å². The van der Waals surface area contributed by atoms with Gasteiger partial charge >= 0.3 is 6.18 Å². The maximum Gasteiger partial charge on any atom is 0.401 e. The SMILES string of the molecule is Cc1cccc(F)c1NC1CCN(CC(F)(F)F)CC1. The largest absolute Gasteiger partial charge is 0.401 e. The van der Waals surface area contributed by atoms with Gasteiger partial charge in [-0.1, -0.05) is 12.1 Å². The maximum absolute atomic E-state index is 13.7. The molecule has 1 aromatic carbocycles. The van der Waals surface area contributed by atoms with Crippen molar-refractivity contribution >= 4 is 5.69 Å². The van der Waals surface area contributed by atoms with Crippen LogP contribution in [0.4, 0.5) is 23.2 Å². The van der Waals surface area contributed by atoms with Crippen LogP contribution in [0.25, 0.3) is 0 Å². The number of benzene rings is 1. The lowest BCUT2D eigenvalue weighted by molar-refractivity contribution is -0.147. The van der Waals surface area contributed by atoms with Crippen LogP contribution in [-0.4, -0.2) is 36.8 Å². The van der Waals surface area contributed by atoms with Gasteiger partial charge in [0.25, 0.3) is 0 Å². The minimum Gasteiger partial charge on any atom is -0.380 e. The van der Waals surface area contributed by atoms with Gasteiger partial charge in [-0.2, -0.15) is 13.2 Å². The van der Waals surface area contributed by atoms with E-state index in [0.717, 1.165) is 5.56 Å². The van der Waals surface area contributed by atoms with Crippen LogP contribution in [-0.2, 0) is 0 Å². The Kier molecular flexibility index (Phi) is 4.52. The summed E-state index contributed by atoms with van der Waals surface area (Å²) in [4.78, 5) is 1.40. The molecule has 0 unspecified atom stereocenters. The van der Waals surface area contributed by atoms with E-state index in [-0.39, 0.29) is 11.9 Å². The van der Waals surface area contributed by atoms with Gasteiger partial charge in [-0.15, -0.1) is 0 Å². The van der Waals surface area contributed by atoms with E-state index in [1.807, 2.05) is 13.0 Å². The molecule has 1 fully saturated rings. The molecule has 0 aromatic heterocycles. The molecule has 20 heavy (non-hydrogen) atoms. The van der Waals surface area contributed by atoms with Crippen LogP contribution in [0.3, 0.4) is 0 Å². The Morgan fingerprint density at radius 1 is 1.25 bits per heavy atom. The number of nitrogens with one attached hydrogen (secondary N) is 1. The molecular weight excluding hydrogens is 272 g/mol. The molecule has 0 aliphatic carbocycles. The third kappa shape index (κ3) is 4.10. The Morgan fingerprint density at radius 3 is 2.45 bits per heavy atom. The minimum absolute atomic E-state index is 0.0232. The highest BCUT2D eigenvalue weighted by molar-refractivity contribution is 5.52. The van der Waals surface area contributed by atoms with E-state index in [0.29, 0.717) is 31.6 Å². The highest BCUT2D eigenvalue weighted by atomic mass is 19.4. The number of halogens is 4. The third-order valence-corrected chi connectivity index (χ3v) is 3.56. The summed E-state index contributed by atoms with van der Waals surface area (Å²) in [5.74, 6) is -0.317. The molecule has 2 nitrogen and oxygen atoms in total. The molecule has 0 radical (unpaired) electrons. The van der Waals surface area contributed by atoms with Crippen molar-refractivity contribution in [3.63, 3.8) is 0 Å². The summed E-state index contributed by atoms with van der Waals surface area (Å²) < 4.78 is 50.5. The Bertz CT molecular complexity index is 431. The first kappa shape index (κ1) is 15.1. The zero-order valence-corrected chi connectivity index (χ0v) is 11.3. The number of anilines is 1. The highest BCUT2D eigenvalue weighted by Crippen LogP contribution is 2.24. The van der Waals surface area contributed by atoms with Gasteiger partial charge in [0.15, 0.2) is 0 Å². The summed E-state index contributed by atoms with van der Waals surface area (Å²) in [6.07, 6.45) is -2.98. The van der Waals surface area contributed by atoms with Crippen molar-refractivity contribution in [1.82, 2.24) is 4.90 Å². The molecule has 112 valence electrons. The van der Waals surface area contributed by atoms with E-state index in [1.165, 1.54) is 11.0 Å². The molecule has 0 spiro atoms. The summed E-state index contributed by atoms with van der Waals surface area (Å²) in [6, 6.07) is 4.86. The van der Waals surface area contributed by atoms with E-state index in [2.05, 4.69) is 5.32 Å². The molecule has 0 bridgehead atoms. The standard InChI is InChI=1S/C14H18F4N2/c1-10-3-2-4-12(15)13(10)19-11-5-7-20(8-6-11)9-14(16,17)18/h2-4,11,19H,5-9H2,1H3. The molecular formula is C14H18F4N2. The van der Waals surface area contributed by atoms with Gasteiger partial charge in [0.1, 0.15) is 5.82 Å². The topological polar surface area (TPSA) is 15.3 Å². The molecule has 1 aromatic rings. The molecule has 1 N–H and O–H groups in total. The predicted octanol–water partition coefficient (Wildman–Crippen LogP) is 3.57. The molecule has 1 aliphatic rings. The van der Waals surface area contributed by atoms with Gasteiger partial charge in [0, 0.05) is 19.1 Å². The number of piperidine rings is 1. The monoisotopic (exact) mass is 290 g/mol. The van der Waals surface area contributed by atoms with E-state index >= 15 is 0 Å². The first-order valence-electron chi connectivity index (χ1n) is 6.66. The van der Waals surface area contributed by atoms with Crippen molar-refractivity contribution in [2.24, 2.45) is 0 Å². The van der Waals surface area contributed by atoms with Crippen molar-refractivity contribution in [3.05, 3.63) is 29.6 Å².